The second-order valence-corrected chi connectivity index (χ2v) is 4.80. The largest absolute Gasteiger partial charge is 0.497 e. The molecule has 0 aromatic heterocycles. The van der Waals surface area contributed by atoms with E-state index in [-0.39, 0.29) is 5.97 Å². The Labute approximate surface area is 105 Å². The van der Waals surface area contributed by atoms with E-state index in [1.807, 2.05) is 24.3 Å². The number of methoxy groups -OCH3 is 2. The van der Waals surface area contributed by atoms with E-state index >= 15 is 0 Å². The number of carbonyl (C=O) groups is 1. The van der Waals surface area contributed by atoms with Crippen molar-refractivity contribution < 1.29 is 14.3 Å². The second-order valence-electron chi connectivity index (χ2n) is 3.66. The zero-order valence-corrected chi connectivity index (χ0v) is 10.7. The highest BCUT2D eigenvalue weighted by atomic mass is 32.2. The first-order valence-electron chi connectivity index (χ1n) is 5.34. The molecule has 2 rings (SSSR count). The molecule has 0 bridgehead atoms. The molecule has 17 heavy (non-hydrogen) atoms. The van der Waals surface area contributed by atoms with Crippen LogP contribution in [0.2, 0.25) is 0 Å². The molecule has 1 aromatic carbocycles. The zero-order chi connectivity index (χ0) is 12.3. The summed E-state index contributed by atoms with van der Waals surface area (Å²) in [7, 11) is 3.05. The van der Waals surface area contributed by atoms with E-state index in [9.17, 15) is 4.79 Å². The minimum Gasteiger partial charge on any atom is -0.497 e. The quantitative estimate of drug-likeness (QED) is 0.756. The van der Waals surface area contributed by atoms with Crippen molar-refractivity contribution >= 4 is 23.8 Å². The van der Waals surface area contributed by atoms with Gasteiger partial charge < -0.3 is 9.47 Å². The normalized spacial score (nSPS) is 14.4. The van der Waals surface area contributed by atoms with Crippen LogP contribution in [0.3, 0.4) is 0 Å². The first-order valence-corrected chi connectivity index (χ1v) is 6.33. The molecule has 0 amide bonds. The number of ether oxygens (including phenoxy) is 2. The van der Waals surface area contributed by atoms with E-state index in [4.69, 9.17) is 9.47 Å². The minimum atomic E-state index is -0.249. The van der Waals surface area contributed by atoms with Gasteiger partial charge in [0, 0.05) is 16.2 Å². The Morgan fingerprint density at radius 1 is 1.35 bits per heavy atom. The Morgan fingerprint density at radius 2 is 2.18 bits per heavy atom. The van der Waals surface area contributed by atoms with Gasteiger partial charge in [0.1, 0.15) is 5.75 Å². The van der Waals surface area contributed by atoms with E-state index in [2.05, 4.69) is 0 Å². The first kappa shape index (κ1) is 12.0. The summed E-state index contributed by atoms with van der Waals surface area (Å²) in [5.74, 6) is 1.44. The van der Waals surface area contributed by atoms with Crippen LogP contribution in [0.1, 0.15) is 12.0 Å². The van der Waals surface area contributed by atoms with Crippen molar-refractivity contribution in [3.63, 3.8) is 0 Å². The SMILES string of the molecule is COC(=O)C1=Cc2cc(OC)ccc2SCC1. The van der Waals surface area contributed by atoms with Gasteiger partial charge in [0.2, 0.25) is 0 Å². The molecule has 0 fully saturated rings. The Kier molecular flexibility index (Phi) is 3.74. The van der Waals surface area contributed by atoms with Crippen LogP contribution >= 0.6 is 11.8 Å². The highest BCUT2D eigenvalue weighted by molar-refractivity contribution is 7.99. The molecule has 0 aliphatic carbocycles. The molecule has 0 unspecified atom stereocenters. The van der Waals surface area contributed by atoms with Gasteiger partial charge in [-0.3, -0.25) is 0 Å². The summed E-state index contributed by atoms with van der Waals surface area (Å²) in [5, 5.41) is 0. The van der Waals surface area contributed by atoms with Crippen molar-refractivity contribution in [3.05, 3.63) is 29.3 Å². The summed E-state index contributed by atoms with van der Waals surface area (Å²) in [6.45, 7) is 0. The standard InChI is InChI=1S/C13H14O3S/c1-15-11-3-4-12-10(8-11)7-9(5-6-17-12)13(14)16-2/h3-4,7-8H,5-6H2,1-2H3. The van der Waals surface area contributed by atoms with E-state index in [0.29, 0.717) is 5.57 Å². The third-order valence-electron chi connectivity index (χ3n) is 2.62. The van der Waals surface area contributed by atoms with Crippen molar-refractivity contribution in [2.75, 3.05) is 20.0 Å². The van der Waals surface area contributed by atoms with Crippen LogP contribution in [0.25, 0.3) is 6.08 Å². The summed E-state index contributed by atoms with van der Waals surface area (Å²) < 4.78 is 9.96. The van der Waals surface area contributed by atoms with Crippen LogP contribution in [0, 0.1) is 0 Å². The fourth-order valence-electron chi connectivity index (χ4n) is 1.72. The maximum absolute atomic E-state index is 11.6. The lowest BCUT2D eigenvalue weighted by Crippen LogP contribution is -2.04. The maximum Gasteiger partial charge on any atom is 0.333 e. The number of rotatable bonds is 2. The monoisotopic (exact) mass is 250 g/mol. The minimum absolute atomic E-state index is 0.249. The number of benzene rings is 1. The molecule has 0 atom stereocenters. The molecule has 0 spiro atoms. The Hall–Kier alpha value is -1.42. The Morgan fingerprint density at radius 3 is 2.88 bits per heavy atom. The van der Waals surface area contributed by atoms with E-state index < -0.39 is 0 Å². The average molecular weight is 250 g/mol. The molecule has 1 aliphatic rings. The van der Waals surface area contributed by atoms with Gasteiger partial charge in [-0.05, 0) is 36.3 Å². The van der Waals surface area contributed by atoms with Gasteiger partial charge in [0.15, 0.2) is 0 Å². The third kappa shape index (κ3) is 2.64. The lowest BCUT2D eigenvalue weighted by molar-refractivity contribution is -0.136. The Bertz CT molecular complexity index is 466. The molecule has 1 heterocycles. The van der Waals surface area contributed by atoms with E-state index in [0.717, 1.165) is 23.5 Å². The Balaban J connectivity index is 2.41. The van der Waals surface area contributed by atoms with Crippen molar-refractivity contribution in [2.45, 2.75) is 11.3 Å². The number of fused-ring (bicyclic) bond motifs is 1. The summed E-state index contributed by atoms with van der Waals surface area (Å²) in [6.07, 6.45) is 2.62. The molecule has 0 radical (unpaired) electrons. The van der Waals surface area contributed by atoms with Crippen LogP contribution in [-0.4, -0.2) is 25.9 Å². The van der Waals surface area contributed by atoms with Crippen LogP contribution in [-0.2, 0) is 9.53 Å². The zero-order valence-electron chi connectivity index (χ0n) is 9.86. The van der Waals surface area contributed by atoms with E-state index in [1.54, 1.807) is 18.9 Å². The van der Waals surface area contributed by atoms with Gasteiger partial charge >= 0.3 is 5.97 Å². The topological polar surface area (TPSA) is 35.5 Å². The molecule has 0 saturated carbocycles. The van der Waals surface area contributed by atoms with Gasteiger partial charge in [0.25, 0.3) is 0 Å². The fourth-order valence-corrected chi connectivity index (χ4v) is 2.71. The third-order valence-corrected chi connectivity index (χ3v) is 3.71. The lowest BCUT2D eigenvalue weighted by Gasteiger charge is -2.05. The maximum atomic E-state index is 11.6. The highest BCUT2D eigenvalue weighted by Gasteiger charge is 2.15. The molecule has 3 nitrogen and oxygen atoms in total. The van der Waals surface area contributed by atoms with Crippen molar-refractivity contribution in [1.29, 1.82) is 0 Å². The summed E-state index contributed by atoms with van der Waals surface area (Å²) in [5.41, 5.74) is 1.74. The van der Waals surface area contributed by atoms with Crippen LogP contribution in [0.15, 0.2) is 28.7 Å². The van der Waals surface area contributed by atoms with E-state index in [1.165, 1.54) is 12.0 Å². The molecular weight excluding hydrogens is 236 g/mol. The number of hydrogen-bond acceptors (Lipinski definition) is 4. The number of esters is 1. The number of hydrogen-bond donors (Lipinski definition) is 0. The summed E-state index contributed by atoms with van der Waals surface area (Å²) in [4.78, 5) is 12.7. The van der Waals surface area contributed by atoms with Crippen molar-refractivity contribution in [1.82, 2.24) is 0 Å². The van der Waals surface area contributed by atoms with Crippen LogP contribution in [0.4, 0.5) is 0 Å². The molecule has 1 aliphatic heterocycles. The molecule has 0 N–H and O–H groups in total. The molecule has 90 valence electrons. The van der Waals surface area contributed by atoms with Crippen LogP contribution in [0.5, 0.6) is 5.75 Å². The number of carbonyl (C=O) groups excluding carboxylic acids is 1. The van der Waals surface area contributed by atoms with Crippen molar-refractivity contribution in [2.24, 2.45) is 0 Å². The summed E-state index contributed by atoms with van der Waals surface area (Å²) in [6, 6.07) is 5.90. The summed E-state index contributed by atoms with van der Waals surface area (Å²) >= 11 is 1.74. The number of thioether (sulfide) groups is 1. The predicted molar refractivity (Wildman–Crippen MR) is 68.3 cm³/mol. The van der Waals surface area contributed by atoms with Crippen molar-refractivity contribution in [3.8, 4) is 5.75 Å². The molecule has 1 aromatic rings. The molecule has 4 heteroatoms. The average Bonchev–Trinajstić information content (AvgIpc) is 2.58. The molecule has 0 saturated heterocycles. The molecular formula is C13H14O3S. The highest BCUT2D eigenvalue weighted by Crippen LogP contribution is 2.33. The lowest BCUT2D eigenvalue weighted by atomic mass is 10.1. The van der Waals surface area contributed by atoms with Gasteiger partial charge in [-0.1, -0.05) is 0 Å². The van der Waals surface area contributed by atoms with Gasteiger partial charge in [-0.25, -0.2) is 4.79 Å². The second kappa shape index (κ2) is 5.27. The van der Waals surface area contributed by atoms with Gasteiger partial charge in [-0.2, -0.15) is 0 Å². The predicted octanol–water partition coefficient (Wildman–Crippen LogP) is 2.75. The smallest absolute Gasteiger partial charge is 0.333 e. The van der Waals surface area contributed by atoms with Gasteiger partial charge in [-0.15, -0.1) is 11.8 Å². The van der Waals surface area contributed by atoms with Crippen LogP contribution < -0.4 is 4.74 Å². The first-order chi connectivity index (χ1) is 8.24. The van der Waals surface area contributed by atoms with Gasteiger partial charge in [0.05, 0.1) is 14.2 Å². The fraction of sp³-hybridized carbons (Fsp3) is 0.308.